The number of nitrogens with zero attached hydrogens (tertiary/aromatic N) is 1. The average molecular weight is 383 g/mol. The van der Waals surface area contributed by atoms with Crippen LogP contribution in [0, 0.1) is 5.92 Å². The van der Waals surface area contributed by atoms with Crippen molar-refractivity contribution in [3.05, 3.63) is 27.7 Å². The van der Waals surface area contributed by atoms with E-state index in [1.807, 2.05) is 0 Å². The highest BCUT2D eigenvalue weighted by Gasteiger charge is 2.27. The van der Waals surface area contributed by atoms with Crippen LogP contribution in [0.25, 0.3) is 0 Å². The van der Waals surface area contributed by atoms with E-state index in [0.29, 0.717) is 36.3 Å². The second-order valence-corrected chi connectivity index (χ2v) is 7.80. The zero-order chi connectivity index (χ0) is 14.8. The Labute approximate surface area is 132 Å². The number of hydrogen-bond donors (Lipinski definition) is 2. The Bertz CT molecular complexity index is 574. The van der Waals surface area contributed by atoms with Gasteiger partial charge in [-0.2, -0.15) is 12.7 Å². The van der Waals surface area contributed by atoms with Crippen molar-refractivity contribution >= 4 is 43.4 Å². The quantitative estimate of drug-likeness (QED) is 0.840. The highest BCUT2D eigenvalue weighted by Crippen LogP contribution is 2.28. The monoisotopic (exact) mass is 381 g/mol. The lowest BCUT2D eigenvalue weighted by Gasteiger charge is -2.30. The van der Waals surface area contributed by atoms with Gasteiger partial charge in [0.15, 0.2) is 0 Å². The first-order chi connectivity index (χ1) is 9.42. The number of hydrogen-bond acceptors (Lipinski definition) is 3. The van der Waals surface area contributed by atoms with Crippen molar-refractivity contribution in [2.75, 3.05) is 24.4 Å². The van der Waals surface area contributed by atoms with E-state index in [2.05, 4.69) is 20.7 Å². The lowest BCUT2D eigenvalue weighted by Crippen LogP contribution is -2.42. The summed E-state index contributed by atoms with van der Waals surface area (Å²) in [6.07, 6.45) is 1.59. The van der Waals surface area contributed by atoms with Crippen LogP contribution in [-0.4, -0.2) is 32.4 Å². The first kappa shape index (κ1) is 16.0. The Morgan fingerprint density at radius 3 is 2.65 bits per heavy atom. The molecular weight excluding hydrogens is 366 g/mol. The molecule has 3 N–H and O–H groups in total. The molecule has 0 saturated carbocycles. The highest BCUT2D eigenvalue weighted by molar-refractivity contribution is 9.10. The predicted octanol–water partition coefficient (Wildman–Crippen LogP) is 2.43. The van der Waals surface area contributed by atoms with Crippen LogP contribution in [0.3, 0.4) is 0 Å². The van der Waals surface area contributed by atoms with E-state index >= 15 is 0 Å². The minimum Gasteiger partial charge on any atom is -0.330 e. The molecule has 0 unspecified atom stereocenters. The average Bonchev–Trinajstić information content (AvgIpc) is 2.43. The Balaban J connectivity index is 2.10. The molecule has 0 aliphatic carbocycles. The topological polar surface area (TPSA) is 75.4 Å². The third-order valence-electron chi connectivity index (χ3n) is 3.41. The SMILES string of the molecule is NCC1CCN(S(=O)(=O)Nc2cc(Br)ccc2Cl)CC1. The van der Waals surface area contributed by atoms with Crippen molar-refractivity contribution in [2.24, 2.45) is 11.7 Å². The summed E-state index contributed by atoms with van der Waals surface area (Å²) in [7, 11) is -3.57. The molecule has 1 aromatic carbocycles. The zero-order valence-corrected chi connectivity index (χ0v) is 14.0. The number of rotatable bonds is 4. The molecule has 1 saturated heterocycles. The minimum atomic E-state index is -3.57. The maximum Gasteiger partial charge on any atom is 0.301 e. The van der Waals surface area contributed by atoms with Crippen molar-refractivity contribution in [2.45, 2.75) is 12.8 Å². The molecule has 20 heavy (non-hydrogen) atoms. The predicted molar refractivity (Wildman–Crippen MR) is 85.0 cm³/mol. The molecular formula is C12H17BrClN3O2S. The Morgan fingerprint density at radius 2 is 2.05 bits per heavy atom. The molecule has 5 nitrogen and oxygen atoms in total. The van der Waals surface area contributed by atoms with Gasteiger partial charge in [-0.25, -0.2) is 0 Å². The van der Waals surface area contributed by atoms with Gasteiger partial charge in [0.05, 0.1) is 10.7 Å². The van der Waals surface area contributed by atoms with Crippen LogP contribution in [-0.2, 0) is 10.2 Å². The molecule has 0 radical (unpaired) electrons. The molecule has 0 atom stereocenters. The number of halogens is 2. The van der Waals surface area contributed by atoms with Gasteiger partial charge in [0.2, 0.25) is 0 Å². The van der Waals surface area contributed by atoms with E-state index in [-0.39, 0.29) is 0 Å². The normalized spacial score (nSPS) is 18.1. The summed E-state index contributed by atoms with van der Waals surface area (Å²) in [5, 5.41) is 0.369. The third kappa shape index (κ3) is 3.85. The summed E-state index contributed by atoms with van der Waals surface area (Å²) < 4.78 is 29.4. The first-order valence-electron chi connectivity index (χ1n) is 6.35. The Morgan fingerprint density at radius 1 is 1.40 bits per heavy atom. The summed E-state index contributed by atoms with van der Waals surface area (Å²) in [6, 6.07) is 5.05. The molecule has 1 aliphatic rings. The van der Waals surface area contributed by atoms with Crippen LogP contribution in [0.1, 0.15) is 12.8 Å². The van der Waals surface area contributed by atoms with Gasteiger partial charge in [-0.05, 0) is 43.5 Å². The van der Waals surface area contributed by atoms with Crippen LogP contribution in [0.5, 0.6) is 0 Å². The van der Waals surface area contributed by atoms with Gasteiger partial charge in [-0.15, -0.1) is 0 Å². The molecule has 1 fully saturated rings. The third-order valence-corrected chi connectivity index (χ3v) is 5.76. The number of anilines is 1. The lowest BCUT2D eigenvalue weighted by molar-refractivity contribution is 0.280. The molecule has 8 heteroatoms. The van der Waals surface area contributed by atoms with Crippen molar-refractivity contribution in [1.29, 1.82) is 0 Å². The van der Waals surface area contributed by atoms with Gasteiger partial charge in [0.25, 0.3) is 0 Å². The lowest BCUT2D eigenvalue weighted by atomic mass is 9.99. The van der Waals surface area contributed by atoms with Crippen molar-refractivity contribution in [3.8, 4) is 0 Å². The van der Waals surface area contributed by atoms with E-state index in [0.717, 1.165) is 17.3 Å². The second kappa shape index (κ2) is 6.62. The minimum absolute atomic E-state index is 0.369. The van der Waals surface area contributed by atoms with Gasteiger partial charge < -0.3 is 5.73 Å². The zero-order valence-electron chi connectivity index (χ0n) is 10.9. The first-order valence-corrected chi connectivity index (χ1v) is 8.96. The Kier molecular flexibility index (Phi) is 5.30. The van der Waals surface area contributed by atoms with E-state index < -0.39 is 10.2 Å². The molecule has 2 rings (SSSR count). The summed E-state index contributed by atoms with van der Waals surface area (Å²) >= 11 is 9.30. The van der Waals surface area contributed by atoms with E-state index in [9.17, 15) is 8.42 Å². The largest absolute Gasteiger partial charge is 0.330 e. The summed E-state index contributed by atoms with van der Waals surface area (Å²) in [5.41, 5.74) is 5.99. The fourth-order valence-corrected chi connectivity index (χ4v) is 4.01. The number of benzene rings is 1. The fraction of sp³-hybridized carbons (Fsp3) is 0.500. The molecule has 1 aromatic rings. The van der Waals surface area contributed by atoms with Crippen LogP contribution < -0.4 is 10.5 Å². The number of nitrogens with two attached hydrogens (primary N) is 1. The molecule has 0 spiro atoms. The number of piperidine rings is 1. The van der Waals surface area contributed by atoms with Gasteiger partial charge in [-0.1, -0.05) is 27.5 Å². The van der Waals surface area contributed by atoms with E-state index in [1.54, 1.807) is 18.2 Å². The van der Waals surface area contributed by atoms with E-state index in [1.165, 1.54) is 4.31 Å². The fourth-order valence-electron chi connectivity index (χ4n) is 2.16. The maximum absolute atomic E-state index is 12.3. The smallest absolute Gasteiger partial charge is 0.301 e. The van der Waals surface area contributed by atoms with Crippen molar-refractivity contribution < 1.29 is 8.42 Å². The van der Waals surface area contributed by atoms with Crippen molar-refractivity contribution in [1.82, 2.24) is 4.31 Å². The van der Waals surface area contributed by atoms with E-state index in [4.69, 9.17) is 17.3 Å². The van der Waals surface area contributed by atoms with Crippen LogP contribution in [0.15, 0.2) is 22.7 Å². The molecule has 0 aromatic heterocycles. The van der Waals surface area contributed by atoms with Crippen LogP contribution >= 0.6 is 27.5 Å². The van der Waals surface area contributed by atoms with Gasteiger partial charge in [-0.3, -0.25) is 4.72 Å². The molecule has 112 valence electrons. The molecule has 1 aliphatic heterocycles. The summed E-state index contributed by atoms with van der Waals surface area (Å²) in [4.78, 5) is 0. The summed E-state index contributed by atoms with van der Waals surface area (Å²) in [6.45, 7) is 1.59. The highest BCUT2D eigenvalue weighted by atomic mass is 79.9. The van der Waals surface area contributed by atoms with Crippen LogP contribution in [0.2, 0.25) is 5.02 Å². The van der Waals surface area contributed by atoms with Gasteiger partial charge in [0, 0.05) is 17.6 Å². The standard InChI is InChI=1S/C12H17BrClN3O2S/c13-10-1-2-11(14)12(7-10)16-20(18,19)17-5-3-9(8-15)4-6-17/h1-2,7,9,16H,3-6,8,15H2. The van der Waals surface area contributed by atoms with Gasteiger partial charge in [0.1, 0.15) is 0 Å². The maximum atomic E-state index is 12.3. The number of nitrogens with one attached hydrogen (secondary N) is 1. The van der Waals surface area contributed by atoms with Gasteiger partial charge >= 0.3 is 10.2 Å². The van der Waals surface area contributed by atoms with Crippen LogP contribution in [0.4, 0.5) is 5.69 Å². The Hall–Kier alpha value is -0.340. The molecule has 0 bridgehead atoms. The van der Waals surface area contributed by atoms with Crippen molar-refractivity contribution in [3.63, 3.8) is 0 Å². The molecule has 1 heterocycles. The second-order valence-electron chi connectivity index (χ2n) is 4.81. The summed E-state index contributed by atoms with van der Waals surface area (Å²) in [5.74, 6) is 0.413. The molecule has 0 amide bonds.